The highest BCUT2D eigenvalue weighted by molar-refractivity contribution is 7.89. The lowest BCUT2D eigenvalue weighted by Crippen LogP contribution is -2.47. The van der Waals surface area contributed by atoms with Crippen LogP contribution in [-0.2, 0) is 21.2 Å². The van der Waals surface area contributed by atoms with Crippen LogP contribution in [-0.4, -0.2) is 31.6 Å². The van der Waals surface area contributed by atoms with E-state index in [0.29, 0.717) is 22.8 Å². The average Bonchev–Trinajstić information content (AvgIpc) is 2.65. The molecule has 1 saturated carbocycles. The lowest BCUT2D eigenvalue weighted by atomic mass is 9.93. The summed E-state index contributed by atoms with van der Waals surface area (Å²) in [7, 11) is -3.68. The molecule has 6 nitrogen and oxygen atoms in total. The third-order valence-corrected chi connectivity index (χ3v) is 6.46. The summed E-state index contributed by atoms with van der Waals surface area (Å²) in [4.78, 5) is 10.9. The number of carboxylic acid groups (broad SMARTS) is 1. The fraction of sp³-hybridized carbons (Fsp3) is 0.350. The molecule has 2 aromatic rings. The maximum absolute atomic E-state index is 12.7. The molecule has 3 rings (SSSR count). The Hall–Kier alpha value is -2.09. The Kier molecular flexibility index (Phi) is 6.59. The number of hydrogen-bond acceptors (Lipinski definition) is 4. The summed E-state index contributed by atoms with van der Waals surface area (Å²) in [6.07, 6.45) is 2.97. The van der Waals surface area contributed by atoms with Crippen LogP contribution in [0.5, 0.6) is 5.75 Å². The van der Waals surface area contributed by atoms with Crippen molar-refractivity contribution >= 4 is 27.6 Å². The van der Waals surface area contributed by atoms with Gasteiger partial charge in [0.25, 0.3) is 0 Å². The molecule has 150 valence electrons. The van der Waals surface area contributed by atoms with Gasteiger partial charge in [-0.2, -0.15) is 0 Å². The van der Waals surface area contributed by atoms with Crippen molar-refractivity contribution in [3.05, 3.63) is 59.1 Å². The summed E-state index contributed by atoms with van der Waals surface area (Å²) >= 11 is 5.84. The first-order valence-corrected chi connectivity index (χ1v) is 10.9. The predicted molar refractivity (Wildman–Crippen MR) is 106 cm³/mol. The van der Waals surface area contributed by atoms with Crippen LogP contribution in [0.3, 0.4) is 0 Å². The second-order valence-corrected chi connectivity index (χ2v) is 8.99. The fourth-order valence-corrected chi connectivity index (χ4v) is 4.71. The van der Waals surface area contributed by atoms with Crippen molar-refractivity contribution in [2.75, 3.05) is 0 Å². The van der Waals surface area contributed by atoms with Crippen LogP contribution in [0.2, 0.25) is 5.02 Å². The zero-order chi connectivity index (χ0) is 20.1. The third-order valence-electron chi connectivity index (χ3n) is 4.70. The topological polar surface area (TPSA) is 92.7 Å². The molecule has 0 bridgehead atoms. The molecule has 0 radical (unpaired) electrons. The highest BCUT2D eigenvalue weighted by Gasteiger charge is 2.31. The van der Waals surface area contributed by atoms with Gasteiger partial charge in [0, 0.05) is 5.02 Å². The summed E-state index contributed by atoms with van der Waals surface area (Å²) in [5, 5.41) is 9.32. The number of sulfonamides is 1. The largest absolute Gasteiger partial charge is 0.489 e. The van der Waals surface area contributed by atoms with Gasteiger partial charge in [0.15, 0.2) is 0 Å². The van der Waals surface area contributed by atoms with Crippen molar-refractivity contribution in [2.45, 2.75) is 49.1 Å². The van der Waals surface area contributed by atoms with Crippen LogP contribution in [0.4, 0.5) is 0 Å². The number of carboxylic acids is 1. The van der Waals surface area contributed by atoms with Gasteiger partial charge in [0.2, 0.25) is 10.0 Å². The Labute approximate surface area is 169 Å². The first-order chi connectivity index (χ1) is 13.3. The number of carbonyl (C=O) groups is 1. The van der Waals surface area contributed by atoms with Gasteiger partial charge in [-0.3, -0.25) is 4.79 Å². The Morgan fingerprint density at radius 3 is 2.36 bits per heavy atom. The lowest BCUT2D eigenvalue weighted by Gasteiger charge is -2.32. The molecule has 1 aliphatic rings. The molecule has 2 atom stereocenters. The molecule has 2 unspecified atom stereocenters. The van der Waals surface area contributed by atoms with Gasteiger partial charge in [-0.1, -0.05) is 30.2 Å². The van der Waals surface area contributed by atoms with Crippen molar-refractivity contribution < 1.29 is 23.1 Å². The Bertz CT molecular complexity index is 913. The van der Waals surface area contributed by atoms with Gasteiger partial charge in [0.1, 0.15) is 11.9 Å². The molecule has 8 heteroatoms. The van der Waals surface area contributed by atoms with Crippen molar-refractivity contribution in [1.82, 2.24) is 4.72 Å². The molecule has 2 aromatic carbocycles. The van der Waals surface area contributed by atoms with Crippen molar-refractivity contribution in [1.29, 1.82) is 0 Å². The minimum Gasteiger partial charge on any atom is -0.489 e. The second-order valence-electron chi connectivity index (χ2n) is 6.84. The number of ether oxygens (including phenoxy) is 1. The van der Waals surface area contributed by atoms with E-state index >= 15 is 0 Å². The second kappa shape index (κ2) is 8.94. The summed E-state index contributed by atoms with van der Waals surface area (Å²) in [6.45, 7) is 0. The van der Waals surface area contributed by atoms with E-state index in [0.717, 1.165) is 19.3 Å². The Morgan fingerprint density at radius 2 is 1.71 bits per heavy atom. The summed E-state index contributed by atoms with van der Waals surface area (Å²) in [5.74, 6) is -0.297. The van der Waals surface area contributed by atoms with Gasteiger partial charge >= 0.3 is 5.97 Å². The molecule has 28 heavy (non-hydrogen) atoms. The molecule has 1 fully saturated rings. The number of halogens is 1. The molecule has 0 amide bonds. The first kappa shape index (κ1) is 20.6. The Morgan fingerprint density at radius 1 is 1.07 bits per heavy atom. The van der Waals surface area contributed by atoms with E-state index < -0.39 is 16.0 Å². The number of rotatable bonds is 7. The minimum absolute atomic E-state index is 0.0484. The van der Waals surface area contributed by atoms with E-state index in [1.54, 1.807) is 36.4 Å². The van der Waals surface area contributed by atoms with E-state index in [1.807, 2.05) is 0 Å². The van der Waals surface area contributed by atoms with E-state index in [1.165, 1.54) is 12.1 Å². The number of benzene rings is 2. The quantitative estimate of drug-likeness (QED) is 0.709. The molecule has 0 spiro atoms. The summed E-state index contributed by atoms with van der Waals surface area (Å²) in [6, 6.07) is 12.6. The van der Waals surface area contributed by atoms with Crippen LogP contribution < -0.4 is 9.46 Å². The lowest BCUT2D eigenvalue weighted by molar-refractivity contribution is -0.136. The molecule has 0 saturated heterocycles. The maximum Gasteiger partial charge on any atom is 0.307 e. The molecular weight excluding hydrogens is 402 g/mol. The van der Waals surface area contributed by atoms with Crippen LogP contribution in [0, 0.1) is 0 Å². The average molecular weight is 424 g/mol. The van der Waals surface area contributed by atoms with Gasteiger partial charge in [0.05, 0.1) is 17.4 Å². The molecule has 0 heterocycles. The summed E-state index contributed by atoms with van der Waals surface area (Å²) < 4.78 is 34.2. The molecule has 2 N–H and O–H groups in total. The zero-order valence-electron chi connectivity index (χ0n) is 15.2. The first-order valence-electron chi connectivity index (χ1n) is 9.09. The standard InChI is InChI=1S/C20H22ClNO5S/c21-15-7-11-17(12-8-15)28(25,26)22-18-3-1-2-4-19(18)27-16-9-5-14(6-10-16)13-20(23)24/h5-12,18-19,22H,1-4,13H2,(H,23,24). The zero-order valence-corrected chi connectivity index (χ0v) is 16.7. The smallest absolute Gasteiger partial charge is 0.307 e. The van der Waals surface area contributed by atoms with E-state index in [-0.39, 0.29) is 23.5 Å². The van der Waals surface area contributed by atoms with Crippen molar-refractivity contribution in [3.8, 4) is 5.75 Å². The van der Waals surface area contributed by atoms with E-state index in [9.17, 15) is 13.2 Å². The highest BCUT2D eigenvalue weighted by Crippen LogP contribution is 2.26. The fourth-order valence-electron chi connectivity index (χ4n) is 3.29. The van der Waals surface area contributed by atoms with E-state index in [4.69, 9.17) is 21.4 Å². The van der Waals surface area contributed by atoms with Gasteiger partial charge in [-0.25, -0.2) is 13.1 Å². The van der Waals surface area contributed by atoms with Crippen molar-refractivity contribution in [3.63, 3.8) is 0 Å². The monoisotopic (exact) mass is 423 g/mol. The van der Waals surface area contributed by atoms with Gasteiger partial charge < -0.3 is 9.84 Å². The molecular formula is C20H22ClNO5S. The van der Waals surface area contributed by atoms with Crippen molar-refractivity contribution in [2.24, 2.45) is 0 Å². The number of hydrogen-bond donors (Lipinski definition) is 2. The number of aliphatic carboxylic acids is 1. The SMILES string of the molecule is O=C(O)Cc1ccc(OC2CCCCC2NS(=O)(=O)c2ccc(Cl)cc2)cc1. The van der Waals surface area contributed by atoms with E-state index in [2.05, 4.69) is 4.72 Å². The minimum atomic E-state index is -3.68. The highest BCUT2D eigenvalue weighted by atomic mass is 35.5. The maximum atomic E-state index is 12.7. The van der Waals surface area contributed by atoms with Gasteiger partial charge in [-0.15, -0.1) is 0 Å². The predicted octanol–water partition coefficient (Wildman–Crippen LogP) is 3.64. The van der Waals surface area contributed by atoms with Crippen LogP contribution in [0.1, 0.15) is 31.2 Å². The van der Waals surface area contributed by atoms with Crippen LogP contribution in [0.15, 0.2) is 53.4 Å². The normalized spacial score (nSPS) is 19.9. The molecule has 0 aliphatic heterocycles. The molecule has 1 aliphatic carbocycles. The summed E-state index contributed by atoms with van der Waals surface area (Å²) in [5.41, 5.74) is 0.684. The van der Waals surface area contributed by atoms with Gasteiger partial charge in [-0.05, 0) is 61.2 Å². The van der Waals surface area contributed by atoms with Crippen LogP contribution in [0.25, 0.3) is 0 Å². The molecule has 0 aromatic heterocycles. The van der Waals surface area contributed by atoms with Crippen LogP contribution >= 0.6 is 11.6 Å². The number of nitrogens with one attached hydrogen (secondary N) is 1. The Balaban J connectivity index is 1.70. The third kappa shape index (κ3) is 5.47.